The first kappa shape index (κ1) is 22.5. The van der Waals surface area contributed by atoms with Crippen molar-refractivity contribution in [2.24, 2.45) is 0 Å². The highest BCUT2D eigenvalue weighted by atomic mass is 32.2. The van der Waals surface area contributed by atoms with E-state index in [-0.39, 0.29) is 10.8 Å². The Kier molecular flexibility index (Phi) is 7.65. The molecule has 2 heterocycles. The van der Waals surface area contributed by atoms with Gasteiger partial charge in [0.1, 0.15) is 0 Å². The number of amides is 1. The first-order valence-electron chi connectivity index (χ1n) is 9.95. The van der Waals surface area contributed by atoms with E-state index in [1.165, 1.54) is 21.7 Å². The van der Waals surface area contributed by atoms with Crippen LogP contribution in [0.25, 0.3) is 6.08 Å². The number of rotatable bonds is 8. The Labute approximate surface area is 182 Å². The predicted molar refractivity (Wildman–Crippen MR) is 122 cm³/mol. The van der Waals surface area contributed by atoms with E-state index in [0.29, 0.717) is 45.1 Å². The Morgan fingerprint density at radius 2 is 1.97 bits per heavy atom. The molecule has 1 aromatic heterocycles. The normalized spacial score (nSPS) is 15.1. The largest absolute Gasteiger partial charge is 0.378 e. The minimum atomic E-state index is -3.63. The number of carbonyl (C=O) groups is 1. The van der Waals surface area contributed by atoms with Gasteiger partial charge >= 0.3 is 0 Å². The molecule has 0 atom stereocenters. The van der Waals surface area contributed by atoms with Gasteiger partial charge in [-0.3, -0.25) is 4.79 Å². The van der Waals surface area contributed by atoms with Crippen molar-refractivity contribution >= 4 is 44.7 Å². The second-order valence-corrected chi connectivity index (χ2v) is 9.62. The summed E-state index contributed by atoms with van der Waals surface area (Å²) in [5.41, 5.74) is 1.26. The first-order valence-corrected chi connectivity index (χ1v) is 12.3. The number of morpholine rings is 1. The topological polar surface area (TPSA) is 79.0 Å². The van der Waals surface area contributed by atoms with E-state index in [1.54, 1.807) is 38.1 Å². The van der Waals surface area contributed by atoms with Crippen LogP contribution in [0.2, 0.25) is 0 Å². The van der Waals surface area contributed by atoms with Gasteiger partial charge in [0.15, 0.2) is 0 Å². The average Bonchev–Trinajstić information content (AvgIpc) is 3.27. The standard InChI is InChI=1S/C21H27N3O4S2/c1-3-24(4-2)30(26,27)18-8-9-20(23-11-13-28-14-12-23)19(16-18)22-21(25)10-7-17-6-5-15-29-17/h5-10,15-16H,3-4,11-14H2,1-2H3,(H,22,25)/b10-7+. The van der Waals surface area contributed by atoms with E-state index in [0.717, 1.165) is 10.6 Å². The molecule has 1 aromatic carbocycles. The van der Waals surface area contributed by atoms with Gasteiger partial charge in [0, 0.05) is 37.1 Å². The van der Waals surface area contributed by atoms with Crippen molar-refractivity contribution in [3.63, 3.8) is 0 Å². The maximum absolute atomic E-state index is 13.0. The van der Waals surface area contributed by atoms with Crippen molar-refractivity contribution in [3.05, 3.63) is 46.7 Å². The Morgan fingerprint density at radius 3 is 2.60 bits per heavy atom. The predicted octanol–water partition coefficient (Wildman–Crippen LogP) is 3.27. The quantitative estimate of drug-likeness (QED) is 0.626. The van der Waals surface area contributed by atoms with E-state index in [1.807, 2.05) is 17.5 Å². The number of ether oxygens (including phenoxy) is 1. The van der Waals surface area contributed by atoms with Crippen LogP contribution in [0.4, 0.5) is 11.4 Å². The second kappa shape index (κ2) is 10.2. The highest BCUT2D eigenvalue weighted by molar-refractivity contribution is 7.89. The van der Waals surface area contributed by atoms with Gasteiger partial charge < -0.3 is 15.0 Å². The molecular formula is C21H27N3O4S2. The zero-order valence-corrected chi connectivity index (χ0v) is 18.8. The van der Waals surface area contributed by atoms with Crippen molar-refractivity contribution in [2.75, 3.05) is 49.6 Å². The summed E-state index contributed by atoms with van der Waals surface area (Å²) in [7, 11) is -3.63. The number of benzene rings is 1. The van der Waals surface area contributed by atoms with Gasteiger partial charge in [-0.25, -0.2) is 8.42 Å². The van der Waals surface area contributed by atoms with Crippen LogP contribution >= 0.6 is 11.3 Å². The summed E-state index contributed by atoms with van der Waals surface area (Å²) >= 11 is 1.54. The summed E-state index contributed by atoms with van der Waals surface area (Å²) in [5, 5.41) is 4.81. The van der Waals surface area contributed by atoms with Gasteiger partial charge in [-0.15, -0.1) is 11.3 Å². The Bertz CT molecular complexity index is 978. The molecule has 0 aliphatic carbocycles. The minimum Gasteiger partial charge on any atom is -0.378 e. The lowest BCUT2D eigenvalue weighted by Gasteiger charge is -2.31. The Morgan fingerprint density at radius 1 is 1.23 bits per heavy atom. The molecule has 7 nitrogen and oxygen atoms in total. The number of hydrogen-bond acceptors (Lipinski definition) is 6. The Hall–Kier alpha value is -2.20. The van der Waals surface area contributed by atoms with Gasteiger partial charge in [0.05, 0.1) is 29.5 Å². The SMILES string of the molecule is CCN(CC)S(=O)(=O)c1ccc(N2CCOCC2)c(NC(=O)/C=C/c2cccs2)c1. The molecule has 162 valence electrons. The molecule has 0 bridgehead atoms. The summed E-state index contributed by atoms with van der Waals surface area (Å²) < 4.78 is 32.8. The molecule has 1 fully saturated rings. The number of sulfonamides is 1. The molecular weight excluding hydrogens is 422 g/mol. The van der Waals surface area contributed by atoms with E-state index in [2.05, 4.69) is 10.2 Å². The molecule has 9 heteroatoms. The summed E-state index contributed by atoms with van der Waals surface area (Å²) in [4.78, 5) is 15.8. The average molecular weight is 450 g/mol. The Balaban J connectivity index is 1.92. The lowest BCUT2D eigenvalue weighted by atomic mass is 10.2. The lowest BCUT2D eigenvalue weighted by molar-refractivity contribution is -0.111. The van der Waals surface area contributed by atoms with Gasteiger partial charge in [-0.05, 0) is 35.7 Å². The maximum atomic E-state index is 13.0. The number of anilines is 2. The fourth-order valence-corrected chi connectivity index (χ4v) is 5.39. The minimum absolute atomic E-state index is 0.167. The molecule has 2 aromatic rings. The molecule has 0 radical (unpaired) electrons. The van der Waals surface area contributed by atoms with Crippen molar-refractivity contribution in [1.29, 1.82) is 0 Å². The molecule has 1 saturated heterocycles. The number of hydrogen-bond donors (Lipinski definition) is 1. The van der Waals surface area contributed by atoms with Crippen LogP contribution < -0.4 is 10.2 Å². The summed E-state index contributed by atoms with van der Waals surface area (Å²) in [6.07, 6.45) is 3.20. The fraction of sp³-hybridized carbons (Fsp3) is 0.381. The van der Waals surface area contributed by atoms with Gasteiger partial charge in [0.2, 0.25) is 15.9 Å². The van der Waals surface area contributed by atoms with Crippen LogP contribution in [0.1, 0.15) is 18.7 Å². The molecule has 30 heavy (non-hydrogen) atoms. The molecule has 1 aliphatic rings. The van der Waals surface area contributed by atoms with Crippen LogP contribution in [0.5, 0.6) is 0 Å². The molecule has 1 N–H and O–H groups in total. The smallest absolute Gasteiger partial charge is 0.248 e. The fourth-order valence-electron chi connectivity index (χ4n) is 3.29. The highest BCUT2D eigenvalue weighted by Crippen LogP contribution is 2.31. The van der Waals surface area contributed by atoms with Gasteiger partial charge in [-0.1, -0.05) is 19.9 Å². The van der Waals surface area contributed by atoms with E-state index in [9.17, 15) is 13.2 Å². The number of nitrogens with zero attached hydrogens (tertiary/aromatic N) is 2. The van der Waals surface area contributed by atoms with E-state index < -0.39 is 10.0 Å². The van der Waals surface area contributed by atoms with Crippen molar-refractivity contribution in [2.45, 2.75) is 18.7 Å². The van der Waals surface area contributed by atoms with Crippen LogP contribution in [0.15, 0.2) is 46.7 Å². The van der Waals surface area contributed by atoms with Crippen molar-refractivity contribution < 1.29 is 17.9 Å². The number of thiophene rings is 1. The van der Waals surface area contributed by atoms with Crippen molar-refractivity contribution in [1.82, 2.24) is 4.31 Å². The van der Waals surface area contributed by atoms with Crippen LogP contribution in [0, 0.1) is 0 Å². The summed E-state index contributed by atoms with van der Waals surface area (Å²) in [5.74, 6) is -0.310. The maximum Gasteiger partial charge on any atom is 0.248 e. The van der Waals surface area contributed by atoms with E-state index >= 15 is 0 Å². The number of carbonyl (C=O) groups excluding carboxylic acids is 1. The highest BCUT2D eigenvalue weighted by Gasteiger charge is 2.24. The zero-order chi connectivity index (χ0) is 21.6. The molecule has 0 unspecified atom stereocenters. The van der Waals surface area contributed by atoms with Crippen molar-refractivity contribution in [3.8, 4) is 0 Å². The van der Waals surface area contributed by atoms with Gasteiger partial charge in [0.25, 0.3) is 0 Å². The third-order valence-corrected chi connectivity index (χ3v) is 7.75. The first-order chi connectivity index (χ1) is 14.5. The molecule has 0 saturated carbocycles. The summed E-state index contributed by atoms with van der Waals surface area (Å²) in [6.45, 7) is 6.91. The van der Waals surface area contributed by atoms with Crippen LogP contribution in [-0.4, -0.2) is 58.0 Å². The molecule has 0 spiro atoms. The molecule has 1 aliphatic heterocycles. The lowest BCUT2D eigenvalue weighted by Crippen LogP contribution is -2.37. The van der Waals surface area contributed by atoms with Crippen LogP contribution in [0.3, 0.4) is 0 Å². The monoisotopic (exact) mass is 449 g/mol. The zero-order valence-electron chi connectivity index (χ0n) is 17.2. The molecule has 1 amide bonds. The van der Waals surface area contributed by atoms with Gasteiger partial charge in [-0.2, -0.15) is 4.31 Å². The summed E-state index contributed by atoms with van der Waals surface area (Å²) in [6, 6.07) is 8.76. The number of nitrogens with one attached hydrogen (secondary N) is 1. The second-order valence-electron chi connectivity index (χ2n) is 6.71. The third kappa shape index (κ3) is 5.28. The van der Waals surface area contributed by atoms with Crippen LogP contribution in [-0.2, 0) is 19.6 Å². The van der Waals surface area contributed by atoms with E-state index in [4.69, 9.17) is 4.74 Å². The third-order valence-electron chi connectivity index (χ3n) is 4.86. The molecule has 3 rings (SSSR count).